The highest BCUT2D eigenvalue weighted by molar-refractivity contribution is 5.82. The lowest BCUT2D eigenvalue weighted by Crippen LogP contribution is -2.20. The van der Waals surface area contributed by atoms with Crippen LogP contribution in [0.2, 0.25) is 0 Å². The van der Waals surface area contributed by atoms with Crippen LogP contribution in [0.15, 0.2) is 47.6 Å². The number of ether oxygens (including phenoxy) is 2. The van der Waals surface area contributed by atoms with Crippen LogP contribution in [0.1, 0.15) is 17.2 Å². The number of nitrogens with two attached hydrogens (primary N) is 1. The third-order valence-corrected chi connectivity index (χ3v) is 3.40. The Morgan fingerprint density at radius 2 is 1.75 bits per heavy atom. The van der Waals surface area contributed by atoms with E-state index in [0.717, 1.165) is 5.56 Å². The van der Waals surface area contributed by atoms with Gasteiger partial charge in [0, 0.05) is 11.8 Å². The number of rotatable bonds is 7. The standard InChI is InChI=1S/C17H19N3O4/c1-23-14-7-12(8-15(9-14)24-2)16(17(21)22)20-13-5-3-11(4-6-13)10-19-18/h3-10,16,20H,18H2,1-2H3,(H,21,22). The Labute approximate surface area is 139 Å². The molecule has 0 aliphatic carbocycles. The molecule has 1 atom stereocenters. The number of aliphatic carboxylic acids is 1. The number of carboxylic acid groups (broad SMARTS) is 1. The summed E-state index contributed by atoms with van der Waals surface area (Å²) in [4.78, 5) is 11.7. The molecule has 0 fully saturated rings. The molecule has 2 aromatic rings. The molecule has 0 saturated heterocycles. The van der Waals surface area contributed by atoms with Gasteiger partial charge in [0.2, 0.25) is 0 Å². The Balaban J connectivity index is 2.31. The third kappa shape index (κ3) is 4.16. The second kappa shape index (κ2) is 7.87. The predicted octanol–water partition coefficient (Wildman–Crippen LogP) is 2.23. The van der Waals surface area contributed by atoms with Gasteiger partial charge in [-0.2, -0.15) is 5.10 Å². The fourth-order valence-electron chi connectivity index (χ4n) is 2.20. The van der Waals surface area contributed by atoms with Gasteiger partial charge < -0.3 is 25.7 Å². The molecule has 0 amide bonds. The molecule has 0 saturated carbocycles. The van der Waals surface area contributed by atoms with E-state index in [1.54, 1.807) is 42.5 Å². The van der Waals surface area contributed by atoms with Crippen molar-refractivity contribution < 1.29 is 19.4 Å². The highest BCUT2D eigenvalue weighted by atomic mass is 16.5. The molecule has 2 aromatic carbocycles. The summed E-state index contributed by atoms with van der Waals surface area (Å²) < 4.78 is 10.4. The summed E-state index contributed by atoms with van der Waals surface area (Å²) >= 11 is 0. The monoisotopic (exact) mass is 329 g/mol. The van der Waals surface area contributed by atoms with E-state index in [-0.39, 0.29) is 0 Å². The maximum Gasteiger partial charge on any atom is 0.330 e. The zero-order valence-corrected chi connectivity index (χ0v) is 13.4. The van der Waals surface area contributed by atoms with E-state index in [1.807, 2.05) is 0 Å². The van der Waals surface area contributed by atoms with Crippen LogP contribution in [0.25, 0.3) is 0 Å². The summed E-state index contributed by atoms with van der Waals surface area (Å²) in [5.41, 5.74) is 1.99. The van der Waals surface area contributed by atoms with E-state index in [1.165, 1.54) is 20.4 Å². The summed E-state index contributed by atoms with van der Waals surface area (Å²) in [5, 5.41) is 16.0. The number of hydrazone groups is 1. The lowest BCUT2D eigenvalue weighted by molar-refractivity contribution is -0.138. The number of nitrogens with zero attached hydrogens (tertiary/aromatic N) is 1. The van der Waals surface area contributed by atoms with Gasteiger partial charge in [-0.15, -0.1) is 0 Å². The van der Waals surface area contributed by atoms with Crippen molar-refractivity contribution in [2.24, 2.45) is 10.9 Å². The predicted molar refractivity (Wildman–Crippen MR) is 91.8 cm³/mol. The SMILES string of the molecule is COc1cc(OC)cc(C(Nc2ccc(C=NN)cc2)C(=O)O)c1. The summed E-state index contributed by atoms with van der Waals surface area (Å²) in [6.45, 7) is 0. The minimum atomic E-state index is -1.02. The largest absolute Gasteiger partial charge is 0.497 e. The number of benzene rings is 2. The average Bonchev–Trinajstić information content (AvgIpc) is 2.60. The van der Waals surface area contributed by atoms with Crippen molar-refractivity contribution >= 4 is 17.9 Å². The Hall–Kier alpha value is -3.22. The number of anilines is 1. The summed E-state index contributed by atoms with van der Waals surface area (Å²) in [6, 6.07) is 11.1. The van der Waals surface area contributed by atoms with Crippen LogP contribution in [0, 0.1) is 0 Å². The van der Waals surface area contributed by atoms with Gasteiger partial charge in [0.25, 0.3) is 0 Å². The van der Waals surface area contributed by atoms with E-state index in [0.29, 0.717) is 22.7 Å². The van der Waals surface area contributed by atoms with Gasteiger partial charge in [-0.05, 0) is 35.4 Å². The van der Waals surface area contributed by atoms with Crippen LogP contribution in [-0.4, -0.2) is 31.5 Å². The first kappa shape index (κ1) is 17.1. The van der Waals surface area contributed by atoms with E-state index in [9.17, 15) is 9.90 Å². The molecule has 1 unspecified atom stereocenters. The Bertz CT molecular complexity index is 707. The molecule has 0 aliphatic heterocycles. The zero-order valence-electron chi connectivity index (χ0n) is 13.4. The van der Waals surface area contributed by atoms with E-state index in [2.05, 4.69) is 10.4 Å². The molecular weight excluding hydrogens is 310 g/mol. The molecular formula is C17H19N3O4. The van der Waals surface area contributed by atoms with Gasteiger partial charge in [-0.1, -0.05) is 12.1 Å². The van der Waals surface area contributed by atoms with Crippen molar-refractivity contribution in [2.75, 3.05) is 19.5 Å². The maximum absolute atomic E-state index is 11.7. The zero-order chi connectivity index (χ0) is 17.5. The first-order valence-corrected chi connectivity index (χ1v) is 7.13. The number of hydrogen-bond donors (Lipinski definition) is 3. The highest BCUT2D eigenvalue weighted by Crippen LogP contribution is 2.28. The van der Waals surface area contributed by atoms with Gasteiger partial charge in [0.05, 0.1) is 20.4 Å². The van der Waals surface area contributed by atoms with E-state index < -0.39 is 12.0 Å². The lowest BCUT2D eigenvalue weighted by atomic mass is 10.1. The summed E-state index contributed by atoms with van der Waals surface area (Å²) in [6.07, 6.45) is 1.51. The third-order valence-electron chi connectivity index (χ3n) is 3.40. The van der Waals surface area contributed by atoms with Crippen molar-refractivity contribution in [3.05, 3.63) is 53.6 Å². The van der Waals surface area contributed by atoms with Gasteiger partial charge in [-0.25, -0.2) is 4.79 Å². The van der Waals surface area contributed by atoms with Crippen molar-refractivity contribution in [1.29, 1.82) is 0 Å². The molecule has 7 nitrogen and oxygen atoms in total. The summed E-state index contributed by atoms with van der Waals surface area (Å²) in [5.74, 6) is 5.13. The van der Waals surface area contributed by atoms with Crippen LogP contribution in [-0.2, 0) is 4.79 Å². The minimum Gasteiger partial charge on any atom is -0.497 e. The van der Waals surface area contributed by atoms with Gasteiger partial charge in [-0.3, -0.25) is 0 Å². The number of nitrogens with one attached hydrogen (secondary N) is 1. The maximum atomic E-state index is 11.7. The first-order chi connectivity index (χ1) is 11.6. The lowest BCUT2D eigenvalue weighted by Gasteiger charge is -2.18. The second-order valence-corrected chi connectivity index (χ2v) is 4.96. The van der Waals surface area contributed by atoms with Gasteiger partial charge in [0.1, 0.15) is 11.5 Å². The van der Waals surface area contributed by atoms with Crippen LogP contribution < -0.4 is 20.6 Å². The normalized spacial score (nSPS) is 11.9. The van der Waals surface area contributed by atoms with Gasteiger partial charge in [0.15, 0.2) is 6.04 Å². The molecule has 0 aliphatic rings. The van der Waals surface area contributed by atoms with Crippen molar-refractivity contribution in [3.63, 3.8) is 0 Å². The van der Waals surface area contributed by atoms with E-state index in [4.69, 9.17) is 15.3 Å². The van der Waals surface area contributed by atoms with Crippen LogP contribution in [0.3, 0.4) is 0 Å². The highest BCUT2D eigenvalue weighted by Gasteiger charge is 2.21. The van der Waals surface area contributed by atoms with E-state index >= 15 is 0 Å². The number of carbonyl (C=O) groups is 1. The summed E-state index contributed by atoms with van der Waals surface area (Å²) in [7, 11) is 3.03. The smallest absolute Gasteiger partial charge is 0.330 e. The molecule has 0 spiro atoms. The molecule has 7 heteroatoms. The number of methoxy groups -OCH3 is 2. The molecule has 0 radical (unpaired) electrons. The topological polar surface area (TPSA) is 106 Å². The minimum absolute atomic E-state index is 0.520. The molecule has 4 N–H and O–H groups in total. The Kier molecular flexibility index (Phi) is 5.62. The first-order valence-electron chi connectivity index (χ1n) is 7.13. The molecule has 0 bridgehead atoms. The molecule has 0 heterocycles. The average molecular weight is 329 g/mol. The van der Waals surface area contributed by atoms with Crippen LogP contribution >= 0.6 is 0 Å². The van der Waals surface area contributed by atoms with Crippen LogP contribution in [0.5, 0.6) is 11.5 Å². The molecule has 0 aromatic heterocycles. The fraction of sp³-hybridized carbons (Fsp3) is 0.176. The second-order valence-electron chi connectivity index (χ2n) is 4.96. The fourth-order valence-corrected chi connectivity index (χ4v) is 2.20. The van der Waals surface area contributed by atoms with Crippen LogP contribution in [0.4, 0.5) is 5.69 Å². The Morgan fingerprint density at radius 3 is 2.21 bits per heavy atom. The van der Waals surface area contributed by atoms with Crippen molar-refractivity contribution in [2.45, 2.75) is 6.04 Å². The molecule has 126 valence electrons. The molecule has 24 heavy (non-hydrogen) atoms. The van der Waals surface area contributed by atoms with Crippen molar-refractivity contribution in [1.82, 2.24) is 0 Å². The molecule has 2 rings (SSSR count). The number of hydrogen-bond acceptors (Lipinski definition) is 6. The number of carboxylic acids is 1. The van der Waals surface area contributed by atoms with Gasteiger partial charge >= 0.3 is 5.97 Å². The van der Waals surface area contributed by atoms with Crippen molar-refractivity contribution in [3.8, 4) is 11.5 Å². The Morgan fingerprint density at radius 1 is 1.17 bits per heavy atom. The quantitative estimate of drug-likeness (QED) is 0.408.